The molecule has 1 unspecified atom stereocenters. The third kappa shape index (κ3) is 3.30. The lowest BCUT2D eigenvalue weighted by molar-refractivity contribution is -0.135. The maximum atomic E-state index is 13.3. The van der Waals surface area contributed by atoms with Crippen LogP contribution in [0.25, 0.3) is 0 Å². The van der Waals surface area contributed by atoms with Crippen LogP contribution < -0.4 is 5.73 Å². The average Bonchev–Trinajstić information content (AvgIpc) is 2.86. The number of rotatable bonds is 3. The maximum absolute atomic E-state index is 13.3. The zero-order valence-corrected chi connectivity index (χ0v) is 12.8. The SMILES string of the molecule is CC(C)(C(=O)N1CCC(CN)C1)c1cccc(F)c1.Cl. The van der Waals surface area contributed by atoms with E-state index in [1.807, 2.05) is 18.7 Å². The lowest BCUT2D eigenvalue weighted by atomic mass is 9.83. The first-order chi connectivity index (χ1) is 8.95. The van der Waals surface area contributed by atoms with Crippen molar-refractivity contribution in [2.75, 3.05) is 19.6 Å². The van der Waals surface area contributed by atoms with Crippen molar-refractivity contribution >= 4 is 18.3 Å². The van der Waals surface area contributed by atoms with Crippen molar-refractivity contribution in [3.8, 4) is 0 Å². The van der Waals surface area contributed by atoms with E-state index in [2.05, 4.69) is 0 Å². The quantitative estimate of drug-likeness (QED) is 0.931. The molecule has 1 fully saturated rings. The molecule has 1 heterocycles. The van der Waals surface area contributed by atoms with Gasteiger partial charge in [-0.1, -0.05) is 12.1 Å². The van der Waals surface area contributed by atoms with Crippen molar-refractivity contribution in [3.63, 3.8) is 0 Å². The molecule has 0 bridgehead atoms. The zero-order chi connectivity index (χ0) is 14.0. The second kappa shape index (κ2) is 6.55. The molecular weight excluding hydrogens is 279 g/mol. The van der Waals surface area contributed by atoms with E-state index >= 15 is 0 Å². The van der Waals surface area contributed by atoms with Crippen molar-refractivity contribution in [3.05, 3.63) is 35.6 Å². The molecule has 1 amide bonds. The Labute approximate surface area is 125 Å². The number of carbonyl (C=O) groups excluding carboxylic acids is 1. The van der Waals surface area contributed by atoms with Crippen molar-refractivity contribution < 1.29 is 9.18 Å². The number of amides is 1. The second-order valence-corrected chi connectivity index (χ2v) is 5.78. The largest absolute Gasteiger partial charge is 0.342 e. The van der Waals surface area contributed by atoms with Crippen LogP contribution in [0, 0.1) is 11.7 Å². The standard InChI is InChI=1S/C15H21FN2O.ClH/c1-15(2,12-4-3-5-13(16)8-12)14(19)18-7-6-11(9-17)10-18;/h3-5,8,11H,6-7,9-10,17H2,1-2H3;1H. The van der Waals surface area contributed by atoms with Gasteiger partial charge < -0.3 is 10.6 Å². The minimum atomic E-state index is -0.703. The molecule has 5 heteroatoms. The lowest BCUT2D eigenvalue weighted by Gasteiger charge is -2.29. The van der Waals surface area contributed by atoms with Crippen LogP contribution in [0.5, 0.6) is 0 Å². The summed E-state index contributed by atoms with van der Waals surface area (Å²) >= 11 is 0. The normalized spacial score (nSPS) is 18.8. The summed E-state index contributed by atoms with van der Waals surface area (Å²) in [6, 6.07) is 6.28. The van der Waals surface area contributed by atoms with Crippen molar-refractivity contribution in [1.82, 2.24) is 4.90 Å². The lowest BCUT2D eigenvalue weighted by Crippen LogP contribution is -2.42. The number of nitrogens with two attached hydrogens (primary N) is 1. The summed E-state index contributed by atoms with van der Waals surface area (Å²) in [5.41, 5.74) is 5.66. The Kier molecular flexibility index (Phi) is 5.54. The van der Waals surface area contributed by atoms with Crippen LogP contribution in [0.3, 0.4) is 0 Å². The number of likely N-dealkylation sites (tertiary alicyclic amines) is 1. The van der Waals surface area contributed by atoms with E-state index in [-0.39, 0.29) is 24.1 Å². The van der Waals surface area contributed by atoms with Gasteiger partial charge in [-0.2, -0.15) is 0 Å². The highest BCUT2D eigenvalue weighted by atomic mass is 35.5. The first-order valence-electron chi connectivity index (χ1n) is 6.70. The number of benzene rings is 1. The van der Waals surface area contributed by atoms with E-state index in [4.69, 9.17) is 5.73 Å². The molecule has 0 radical (unpaired) electrons. The van der Waals surface area contributed by atoms with Crippen LogP contribution in [-0.2, 0) is 10.2 Å². The fourth-order valence-electron chi connectivity index (χ4n) is 2.61. The molecule has 0 aromatic heterocycles. The van der Waals surface area contributed by atoms with Gasteiger partial charge in [0, 0.05) is 13.1 Å². The third-order valence-electron chi connectivity index (χ3n) is 3.99. The first-order valence-corrected chi connectivity index (χ1v) is 6.70. The Morgan fingerprint density at radius 3 is 2.75 bits per heavy atom. The van der Waals surface area contributed by atoms with Crippen LogP contribution in [0.2, 0.25) is 0 Å². The number of carbonyl (C=O) groups is 1. The molecule has 1 aliphatic heterocycles. The minimum Gasteiger partial charge on any atom is -0.342 e. The van der Waals surface area contributed by atoms with Crippen LogP contribution in [0.15, 0.2) is 24.3 Å². The van der Waals surface area contributed by atoms with Gasteiger partial charge in [0.05, 0.1) is 5.41 Å². The smallest absolute Gasteiger partial charge is 0.232 e. The Hall–Kier alpha value is -1.13. The van der Waals surface area contributed by atoms with E-state index in [9.17, 15) is 9.18 Å². The molecular formula is C15H22ClFN2O. The van der Waals surface area contributed by atoms with Gasteiger partial charge in [-0.25, -0.2) is 4.39 Å². The molecule has 20 heavy (non-hydrogen) atoms. The molecule has 112 valence electrons. The van der Waals surface area contributed by atoms with Crippen molar-refractivity contribution in [1.29, 1.82) is 0 Å². The predicted octanol–water partition coefficient (Wildman–Crippen LogP) is 2.33. The third-order valence-corrected chi connectivity index (χ3v) is 3.99. The van der Waals surface area contributed by atoms with Gasteiger partial charge in [0.25, 0.3) is 0 Å². The number of nitrogens with zero attached hydrogens (tertiary/aromatic N) is 1. The molecule has 1 aromatic carbocycles. The maximum Gasteiger partial charge on any atom is 0.232 e. The summed E-state index contributed by atoms with van der Waals surface area (Å²) in [6.45, 7) is 5.78. The van der Waals surface area contributed by atoms with Crippen LogP contribution in [0.1, 0.15) is 25.8 Å². The summed E-state index contributed by atoms with van der Waals surface area (Å²) in [6.07, 6.45) is 0.960. The van der Waals surface area contributed by atoms with E-state index in [1.54, 1.807) is 12.1 Å². The number of hydrogen-bond acceptors (Lipinski definition) is 2. The fraction of sp³-hybridized carbons (Fsp3) is 0.533. The molecule has 1 aromatic rings. The van der Waals surface area contributed by atoms with E-state index in [0.717, 1.165) is 13.0 Å². The molecule has 2 rings (SSSR count). The molecule has 1 aliphatic rings. The molecule has 1 saturated heterocycles. The first kappa shape index (κ1) is 16.9. The summed E-state index contributed by atoms with van der Waals surface area (Å²) in [5, 5.41) is 0. The Bertz CT molecular complexity index is 479. The Balaban J connectivity index is 0.00000200. The highest BCUT2D eigenvalue weighted by molar-refractivity contribution is 5.87. The highest BCUT2D eigenvalue weighted by Gasteiger charge is 2.36. The second-order valence-electron chi connectivity index (χ2n) is 5.78. The van der Waals surface area contributed by atoms with Crippen LogP contribution in [0.4, 0.5) is 4.39 Å². The zero-order valence-electron chi connectivity index (χ0n) is 11.9. The van der Waals surface area contributed by atoms with Crippen molar-refractivity contribution in [2.24, 2.45) is 11.7 Å². The highest BCUT2D eigenvalue weighted by Crippen LogP contribution is 2.28. The molecule has 3 nitrogen and oxygen atoms in total. The topological polar surface area (TPSA) is 46.3 Å². The van der Waals surface area contributed by atoms with E-state index in [0.29, 0.717) is 24.6 Å². The fourth-order valence-corrected chi connectivity index (χ4v) is 2.61. The molecule has 2 N–H and O–H groups in total. The number of halogens is 2. The summed E-state index contributed by atoms with van der Waals surface area (Å²) in [4.78, 5) is 14.5. The van der Waals surface area contributed by atoms with Gasteiger partial charge in [0.1, 0.15) is 5.82 Å². The minimum absolute atomic E-state index is 0. The molecule has 0 saturated carbocycles. The van der Waals surface area contributed by atoms with Crippen molar-refractivity contribution in [2.45, 2.75) is 25.7 Å². The summed E-state index contributed by atoms with van der Waals surface area (Å²) < 4.78 is 13.3. The number of hydrogen-bond donors (Lipinski definition) is 1. The van der Waals surface area contributed by atoms with E-state index in [1.165, 1.54) is 12.1 Å². The van der Waals surface area contributed by atoms with Gasteiger partial charge in [-0.3, -0.25) is 4.79 Å². The van der Waals surface area contributed by atoms with Gasteiger partial charge >= 0.3 is 0 Å². The summed E-state index contributed by atoms with van der Waals surface area (Å²) in [5.74, 6) is 0.140. The Morgan fingerprint density at radius 1 is 1.50 bits per heavy atom. The average molecular weight is 301 g/mol. The van der Waals surface area contributed by atoms with Gasteiger partial charge in [-0.15, -0.1) is 12.4 Å². The van der Waals surface area contributed by atoms with Crippen LogP contribution in [-0.4, -0.2) is 30.4 Å². The summed E-state index contributed by atoms with van der Waals surface area (Å²) in [7, 11) is 0. The van der Waals surface area contributed by atoms with Gasteiger partial charge in [0.15, 0.2) is 0 Å². The Morgan fingerprint density at radius 2 is 2.20 bits per heavy atom. The van der Waals surface area contributed by atoms with Crippen LogP contribution >= 0.6 is 12.4 Å². The molecule has 0 aliphatic carbocycles. The van der Waals surface area contributed by atoms with Gasteiger partial charge in [0.2, 0.25) is 5.91 Å². The molecule has 0 spiro atoms. The van der Waals surface area contributed by atoms with E-state index < -0.39 is 5.41 Å². The predicted molar refractivity (Wildman–Crippen MR) is 80.4 cm³/mol. The molecule has 1 atom stereocenters. The van der Waals surface area contributed by atoms with Gasteiger partial charge in [-0.05, 0) is 50.4 Å². The monoisotopic (exact) mass is 300 g/mol.